The maximum atomic E-state index is 5.49. The van der Waals surface area contributed by atoms with Gasteiger partial charge in [-0.3, -0.25) is 10.4 Å². The van der Waals surface area contributed by atoms with Crippen LogP contribution in [0, 0.1) is 5.92 Å². The zero-order valence-electron chi connectivity index (χ0n) is 11.7. The lowest BCUT2D eigenvalue weighted by Gasteiger charge is -2.29. The number of hydrazine groups is 1. The quantitative estimate of drug-likeness (QED) is 0.221. The molecule has 1 atom stereocenters. The van der Waals surface area contributed by atoms with Gasteiger partial charge in [-0.15, -0.1) is 0 Å². The second kappa shape index (κ2) is 9.16. The van der Waals surface area contributed by atoms with Crippen LogP contribution in [0.5, 0.6) is 0 Å². The highest BCUT2D eigenvalue weighted by Gasteiger charge is 2.20. The summed E-state index contributed by atoms with van der Waals surface area (Å²) in [5.74, 6) is 6.94. The molecule has 0 heterocycles. The molecule has 0 aromatic carbocycles. The van der Waals surface area contributed by atoms with E-state index < -0.39 is 0 Å². The second-order valence-corrected chi connectivity index (χ2v) is 5.05. The Morgan fingerprint density at radius 2 is 2.11 bits per heavy atom. The lowest BCUT2D eigenvalue weighted by molar-refractivity contribution is 0.197. The minimum atomic E-state index is 0.433. The first kappa shape index (κ1) is 15.2. The van der Waals surface area contributed by atoms with Crippen molar-refractivity contribution in [3.63, 3.8) is 0 Å². The van der Waals surface area contributed by atoms with E-state index >= 15 is 0 Å². The van der Waals surface area contributed by atoms with Crippen LogP contribution in [-0.2, 0) is 4.74 Å². The molecule has 1 unspecified atom stereocenters. The molecule has 106 valence electrons. The molecule has 1 fully saturated rings. The van der Waals surface area contributed by atoms with Crippen LogP contribution in [-0.4, -0.2) is 32.3 Å². The molecule has 5 nitrogen and oxygen atoms in total. The summed E-state index contributed by atoms with van der Waals surface area (Å²) in [6.45, 7) is 3.69. The lowest BCUT2D eigenvalue weighted by Crippen LogP contribution is -2.48. The predicted octanol–water partition coefficient (Wildman–Crippen LogP) is 1.40. The van der Waals surface area contributed by atoms with E-state index in [2.05, 4.69) is 22.7 Å². The van der Waals surface area contributed by atoms with Crippen molar-refractivity contribution in [2.75, 3.05) is 20.3 Å². The maximum absolute atomic E-state index is 5.49. The van der Waals surface area contributed by atoms with Gasteiger partial charge in [0, 0.05) is 26.3 Å². The molecule has 1 aliphatic carbocycles. The average Bonchev–Trinajstić information content (AvgIpc) is 2.43. The molecular weight excluding hydrogens is 228 g/mol. The Morgan fingerprint density at radius 1 is 1.39 bits per heavy atom. The Balaban J connectivity index is 2.31. The van der Waals surface area contributed by atoms with Crippen LogP contribution in [0.2, 0.25) is 0 Å². The van der Waals surface area contributed by atoms with Gasteiger partial charge in [0.2, 0.25) is 5.96 Å². The minimum absolute atomic E-state index is 0.433. The maximum Gasteiger partial charge on any atom is 0.205 e. The summed E-state index contributed by atoms with van der Waals surface area (Å²) in [7, 11) is 1.70. The first-order valence-corrected chi connectivity index (χ1v) is 7.04. The monoisotopic (exact) mass is 256 g/mol. The van der Waals surface area contributed by atoms with Crippen LogP contribution in [0.25, 0.3) is 0 Å². The summed E-state index contributed by atoms with van der Waals surface area (Å²) in [6, 6.07) is 0.433. The Hall–Kier alpha value is -0.810. The van der Waals surface area contributed by atoms with Crippen LogP contribution < -0.4 is 16.6 Å². The van der Waals surface area contributed by atoms with E-state index in [-0.39, 0.29) is 0 Å². The lowest BCUT2D eigenvalue weighted by atomic mass is 9.85. The van der Waals surface area contributed by atoms with Crippen LogP contribution in [0.3, 0.4) is 0 Å². The molecule has 1 rings (SSSR count). The highest BCUT2D eigenvalue weighted by Crippen LogP contribution is 2.26. The summed E-state index contributed by atoms with van der Waals surface area (Å²) in [5, 5.41) is 3.39. The van der Waals surface area contributed by atoms with E-state index in [1.54, 1.807) is 7.11 Å². The fourth-order valence-electron chi connectivity index (χ4n) is 2.50. The summed E-state index contributed by atoms with van der Waals surface area (Å²) in [4.78, 5) is 4.40. The molecule has 1 aliphatic rings. The number of ether oxygens (including phenoxy) is 1. The Kier molecular flexibility index (Phi) is 7.76. The van der Waals surface area contributed by atoms with Crippen molar-refractivity contribution in [2.45, 2.75) is 51.5 Å². The van der Waals surface area contributed by atoms with Gasteiger partial charge in [-0.2, -0.15) is 0 Å². The van der Waals surface area contributed by atoms with Gasteiger partial charge in [0.15, 0.2) is 0 Å². The molecule has 18 heavy (non-hydrogen) atoms. The number of hydrogen-bond acceptors (Lipinski definition) is 3. The van der Waals surface area contributed by atoms with Gasteiger partial charge in [-0.25, -0.2) is 5.84 Å². The van der Waals surface area contributed by atoms with Crippen LogP contribution in [0.4, 0.5) is 0 Å². The van der Waals surface area contributed by atoms with E-state index in [0.29, 0.717) is 12.0 Å². The molecule has 0 aromatic heterocycles. The van der Waals surface area contributed by atoms with Gasteiger partial charge >= 0.3 is 0 Å². The number of nitrogens with one attached hydrogen (secondary N) is 2. The molecule has 1 saturated carbocycles. The number of rotatable bonds is 6. The molecule has 4 N–H and O–H groups in total. The predicted molar refractivity (Wildman–Crippen MR) is 75.3 cm³/mol. The molecule has 0 radical (unpaired) electrons. The summed E-state index contributed by atoms with van der Waals surface area (Å²) < 4.78 is 4.99. The molecule has 0 bridgehead atoms. The molecule has 0 spiro atoms. The smallest absolute Gasteiger partial charge is 0.205 e. The highest BCUT2D eigenvalue weighted by molar-refractivity contribution is 5.79. The van der Waals surface area contributed by atoms with Crippen molar-refractivity contribution in [1.29, 1.82) is 0 Å². The van der Waals surface area contributed by atoms with Crippen molar-refractivity contribution < 1.29 is 4.74 Å². The number of nitrogens with zero attached hydrogens (tertiary/aromatic N) is 1. The number of guanidine groups is 1. The van der Waals surface area contributed by atoms with Crippen molar-refractivity contribution >= 4 is 5.96 Å². The van der Waals surface area contributed by atoms with Crippen molar-refractivity contribution in [1.82, 2.24) is 10.7 Å². The second-order valence-electron chi connectivity index (χ2n) is 5.05. The standard InChI is InChI=1S/C13H28N4O/c1-11(12-7-4-3-5-8-12)16-13(17-14)15-9-6-10-18-2/h11-12H,3-10,14H2,1-2H3,(H2,15,16,17). The molecular formula is C13H28N4O. The molecule has 0 amide bonds. The number of methoxy groups -OCH3 is 1. The topological polar surface area (TPSA) is 71.7 Å². The zero-order chi connectivity index (χ0) is 13.2. The number of aliphatic imine (C=N–C) groups is 1. The van der Waals surface area contributed by atoms with Gasteiger partial charge in [0.05, 0.1) is 0 Å². The number of nitrogens with two attached hydrogens (primary N) is 1. The van der Waals surface area contributed by atoms with Gasteiger partial charge in [-0.1, -0.05) is 19.3 Å². The molecule has 5 heteroatoms. The largest absolute Gasteiger partial charge is 0.385 e. The van der Waals surface area contributed by atoms with Crippen LogP contribution in [0.1, 0.15) is 45.4 Å². The van der Waals surface area contributed by atoms with Gasteiger partial charge in [0.25, 0.3) is 0 Å². The summed E-state index contributed by atoms with van der Waals surface area (Å²) in [5.41, 5.74) is 2.65. The Bertz CT molecular complexity index is 239. The normalized spacial score (nSPS) is 19.6. The SMILES string of the molecule is COCCCN=C(NN)NC(C)C1CCCCC1. The third kappa shape index (κ3) is 5.69. The summed E-state index contributed by atoms with van der Waals surface area (Å²) >= 11 is 0. The molecule has 0 saturated heterocycles. The van der Waals surface area contributed by atoms with E-state index in [0.717, 1.165) is 25.5 Å². The third-order valence-corrected chi connectivity index (χ3v) is 3.63. The van der Waals surface area contributed by atoms with E-state index in [1.807, 2.05) is 0 Å². The van der Waals surface area contributed by atoms with Gasteiger partial charge < -0.3 is 10.1 Å². The highest BCUT2D eigenvalue weighted by atomic mass is 16.5. The van der Waals surface area contributed by atoms with Crippen LogP contribution in [0.15, 0.2) is 4.99 Å². The minimum Gasteiger partial charge on any atom is -0.385 e. The van der Waals surface area contributed by atoms with E-state index in [1.165, 1.54) is 32.1 Å². The zero-order valence-corrected chi connectivity index (χ0v) is 11.7. The summed E-state index contributed by atoms with van der Waals surface area (Å²) in [6.07, 6.45) is 7.64. The van der Waals surface area contributed by atoms with Crippen molar-refractivity contribution in [3.8, 4) is 0 Å². The molecule has 0 aromatic rings. The first-order valence-electron chi connectivity index (χ1n) is 7.04. The third-order valence-electron chi connectivity index (χ3n) is 3.63. The van der Waals surface area contributed by atoms with E-state index in [4.69, 9.17) is 10.6 Å². The van der Waals surface area contributed by atoms with Crippen molar-refractivity contribution in [3.05, 3.63) is 0 Å². The average molecular weight is 256 g/mol. The van der Waals surface area contributed by atoms with Crippen molar-refractivity contribution in [2.24, 2.45) is 16.8 Å². The van der Waals surface area contributed by atoms with Gasteiger partial charge in [-0.05, 0) is 32.1 Å². The first-order chi connectivity index (χ1) is 8.77. The van der Waals surface area contributed by atoms with Crippen LogP contribution >= 0.6 is 0 Å². The fraction of sp³-hybridized carbons (Fsp3) is 0.923. The Labute approximate surface area is 111 Å². The molecule has 0 aliphatic heterocycles. The fourth-order valence-corrected chi connectivity index (χ4v) is 2.50. The Morgan fingerprint density at radius 3 is 2.72 bits per heavy atom. The van der Waals surface area contributed by atoms with Gasteiger partial charge in [0.1, 0.15) is 0 Å². The van der Waals surface area contributed by atoms with E-state index in [9.17, 15) is 0 Å². The number of hydrogen-bond donors (Lipinski definition) is 3.